The molecule has 1 heterocycles. The van der Waals surface area contributed by atoms with Crippen molar-refractivity contribution in [3.05, 3.63) is 29.3 Å². The maximum atomic E-state index is 11.9. The summed E-state index contributed by atoms with van der Waals surface area (Å²) in [6.07, 6.45) is 4.31. The van der Waals surface area contributed by atoms with Crippen LogP contribution in [0.15, 0.2) is 18.2 Å². The summed E-state index contributed by atoms with van der Waals surface area (Å²) in [5.41, 5.74) is 1.74. The van der Waals surface area contributed by atoms with Gasteiger partial charge in [0.25, 0.3) is 0 Å². The normalized spacial score (nSPS) is 31.2. The Labute approximate surface area is 159 Å². The second kappa shape index (κ2) is 7.06. The average Bonchev–Trinajstić information content (AvgIpc) is 3.07. The number of hydrogen-bond acceptors (Lipinski definition) is 5. The minimum atomic E-state index is -0.435. The number of benzene rings is 1. The van der Waals surface area contributed by atoms with Gasteiger partial charge in [0.05, 0.1) is 31.1 Å². The first-order valence-electron chi connectivity index (χ1n) is 9.16. The molecule has 6 atom stereocenters. The lowest BCUT2D eigenvalue weighted by atomic mass is 9.47. The van der Waals surface area contributed by atoms with Gasteiger partial charge in [0, 0.05) is 0 Å². The van der Waals surface area contributed by atoms with Gasteiger partial charge < -0.3 is 18.4 Å². The quantitative estimate of drug-likeness (QED) is 0.564. The molecule has 8 heteroatoms. The van der Waals surface area contributed by atoms with Gasteiger partial charge in [0.2, 0.25) is 0 Å². The fourth-order valence-electron chi connectivity index (χ4n) is 4.96. The van der Waals surface area contributed by atoms with Gasteiger partial charge in [-0.2, -0.15) is 0 Å². The summed E-state index contributed by atoms with van der Waals surface area (Å²) in [6.45, 7) is 4.72. The summed E-state index contributed by atoms with van der Waals surface area (Å²) in [5, 5.41) is 0. The molecule has 4 fully saturated rings. The minimum absolute atomic E-state index is 0.185. The van der Waals surface area contributed by atoms with E-state index in [2.05, 4.69) is 23.3 Å². The number of hydrogen-bond donors (Lipinski definition) is 0. The minimum Gasteiger partial charge on any atom is -0.479 e. The van der Waals surface area contributed by atoms with Crippen molar-refractivity contribution in [3.8, 4) is 5.75 Å². The van der Waals surface area contributed by atoms with Crippen LogP contribution in [0.1, 0.15) is 42.6 Å². The van der Waals surface area contributed by atoms with E-state index in [1.165, 1.54) is 6.42 Å². The van der Waals surface area contributed by atoms with Crippen molar-refractivity contribution in [1.29, 1.82) is 0 Å². The van der Waals surface area contributed by atoms with Crippen LogP contribution in [0.3, 0.4) is 0 Å². The molecule has 1 aromatic rings. The first-order chi connectivity index (χ1) is 12.5. The van der Waals surface area contributed by atoms with Crippen LogP contribution in [0, 0.1) is 17.3 Å². The van der Waals surface area contributed by atoms with Crippen LogP contribution >= 0.6 is 18.9 Å². The lowest BCUT2D eigenvalue weighted by Gasteiger charge is -2.60. The Kier molecular flexibility index (Phi) is 5.07. The molecule has 3 aliphatic carbocycles. The molecule has 2 bridgehead atoms. The predicted octanol–water partition coefficient (Wildman–Crippen LogP) is 3.68. The fourth-order valence-corrected chi connectivity index (χ4v) is 5.36. The van der Waals surface area contributed by atoms with Gasteiger partial charge in [-0.05, 0) is 54.5 Å². The molecule has 4 aliphatic rings. The first kappa shape index (κ1) is 18.7. The standard InChI is InChI=1S/C18H25BO5P2/c1-18(2)11-8-13(18)16-14(9-11)21-19(22-16)7-6-10-4-3-5-12(15(10)23-25)17(20)24-26/h3-5,11,13-14,16H,6-9,25-26H2,1-2H3/t11-,13?,14?,16?/m0/s1. The summed E-state index contributed by atoms with van der Waals surface area (Å²) in [5.74, 6) is 1.48. The highest BCUT2D eigenvalue weighted by atomic mass is 31.0. The molecule has 26 heavy (non-hydrogen) atoms. The van der Waals surface area contributed by atoms with Gasteiger partial charge in [-0.15, -0.1) is 0 Å². The van der Waals surface area contributed by atoms with E-state index in [9.17, 15) is 4.79 Å². The smallest absolute Gasteiger partial charge is 0.457 e. The zero-order chi connectivity index (χ0) is 18.5. The van der Waals surface area contributed by atoms with Crippen molar-refractivity contribution >= 4 is 32.0 Å². The summed E-state index contributed by atoms with van der Waals surface area (Å²) in [6, 6.07) is 5.50. The monoisotopic (exact) mass is 394 g/mol. The molecule has 0 N–H and O–H groups in total. The predicted molar refractivity (Wildman–Crippen MR) is 106 cm³/mol. The third kappa shape index (κ3) is 3.00. The molecule has 1 aromatic carbocycles. The van der Waals surface area contributed by atoms with Crippen molar-refractivity contribution in [2.75, 3.05) is 0 Å². The second-order valence-corrected chi connectivity index (χ2v) is 8.63. The third-order valence-corrected chi connectivity index (χ3v) is 7.10. The second-order valence-electron chi connectivity index (χ2n) is 8.16. The average molecular weight is 394 g/mol. The number of para-hydroxylation sites is 1. The molecule has 0 aromatic heterocycles. The zero-order valence-corrected chi connectivity index (χ0v) is 17.5. The van der Waals surface area contributed by atoms with Crippen molar-refractivity contribution in [2.24, 2.45) is 17.3 Å². The maximum absolute atomic E-state index is 11.9. The lowest BCUT2D eigenvalue weighted by molar-refractivity contribution is -0.150. The van der Waals surface area contributed by atoms with Crippen molar-refractivity contribution < 1.29 is 23.2 Å². The molecule has 1 saturated heterocycles. The van der Waals surface area contributed by atoms with Gasteiger partial charge >= 0.3 is 13.1 Å². The van der Waals surface area contributed by atoms with Gasteiger partial charge in [-0.25, -0.2) is 4.79 Å². The number of rotatable bonds is 5. The molecule has 0 radical (unpaired) electrons. The fraction of sp³-hybridized carbons (Fsp3) is 0.611. The van der Waals surface area contributed by atoms with Crippen LogP contribution in [-0.2, 0) is 20.3 Å². The van der Waals surface area contributed by atoms with E-state index >= 15 is 0 Å². The van der Waals surface area contributed by atoms with Crippen LogP contribution in [0.2, 0.25) is 6.32 Å². The molecule has 3 saturated carbocycles. The molecular weight excluding hydrogens is 369 g/mol. The van der Waals surface area contributed by atoms with E-state index in [-0.39, 0.29) is 19.3 Å². The molecule has 1 aliphatic heterocycles. The highest BCUT2D eigenvalue weighted by molar-refractivity contribution is 7.11. The molecule has 5 unspecified atom stereocenters. The van der Waals surface area contributed by atoms with Crippen LogP contribution in [-0.4, -0.2) is 25.3 Å². The van der Waals surface area contributed by atoms with E-state index < -0.39 is 5.97 Å². The van der Waals surface area contributed by atoms with E-state index in [0.717, 1.165) is 24.2 Å². The van der Waals surface area contributed by atoms with Crippen molar-refractivity contribution in [2.45, 2.75) is 51.6 Å². The third-order valence-electron chi connectivity index (χ3n) is 6.65. The Morgan fingerprint density at radius 2 is 2.12 bits per heavy atom. The summed E-state index contributed by atoms with van der Waals surface area (Å²) < 4.78 is 22.6. The number of carbonyl (C=O) groups excluding carboxylic acids is 1. The van der Waals surface area contributed by atoms with E-state index in [1.807, 2.05) is 21.6 Å². The number of aryl methyl sites for hydroxylation is 1. The van der Waals surface area contributed by atoms with Crippen LogP contribution < -0.4 is 4.52 Å². The Morgan fingerprint density at radius 1 is 1.31 bits per heavy atom. The van der Waals surface area contributed by atoms with Crippen molar-refractivity contribution in [1.82, 2.24) is 0 Å². The highest BCUT2D eigenvalue weighted by Crippen LogP contribution is 2.61. The van der Waals surface area contributed by atoms with E-state index in [0.29, 0.717) is 29.1 Å². The van der Waals surface area contributed by atoms with Gasteiger partial charge in [-0.1, -0.05) is 26.0 Å². The van der Waals surface area contributed by atoms with Crippen molar-refractivity contribution in [3.63, 3.8) is 0 Å². The first-order valence-corrected chi connectivity index (χ1v) is 10.1. The molecule has 0 spiro atoms. The van der Waals surface area contributed by atoms with E-state index in [4.69, 9.17) is 18.4 Å². The maximum Gasteiger partial charge on any atom is 0.457 e. The Morgan fingerprint density at radius 3 is 2.81 bits per heavy atom. The SMILES string of the molecule is CC1(C)C2C[C@H]1CC1OB(CCc3cccc(C(=O)OP)c3OP)OC12. The molecular formula is C18H25BO5P2. The number of carbonyl (C=O) groups is 1. The zero-order valence-electron chi connectivity index (χ0n) is 15.1. The van der Waals surface area contributed by atoms with Crippen LogP contribution in [0.4, 0.5) is 0 Å². The molecule has 5 nitrogen and oxygen atoms in total. The van der Waals surface area contributed by atoms with Gasteiger partial charge in [0.1, 0.15) is 11.3 Å². The summed E-state index contributed by atoms with van der Waals surface area (Å²) in [4.78, 5) is 11.9. The topological polar surface area (TPSA) is 54.0 Å². The van der Waals surface area contributed by atoms with Crippen LogP contribution in [0.25, 0.3) is 0 Å². The molecule has 0 amide bonds. The van der Waals surface area contributed by atoms with Crippen LogP contribution in [0.5, 0.6) is 5.75 Å². The highest BCUT2D eigenvalue weighted by Gasteiger charge is 2.61. The Bertz CT molecular complexity index is 713. The van der Waals surface area contributed by atoms with Gasteiger partial charge in [0.15, 0.2) is 0 Å². The molecule has 5 rings (SSSR count). The molecule has 140 valence electrons. The summed E-state index contributed by atoms with van der Waals surface area (Å²) >= 11 is 0. The Hall–Kier alpha value is -0.665. The Balaban J connectivity index is 1.42. The largest absolute Gasteiger partial charge is 0.479 e. The van der Waals surface area contributed by atoms with Gasteiger partial charge in [-0.3, -0.25) is 0 Å². The summed E-state index contributed by atoms with van der Waals surface area (Å²) in [7, 11) is 4.00. The van der Waals surface area contributed by atoms with E-state index in [1.54, 1.807) is 6.07 Å². The lowest BCUT2D eigenvalue weighted by Crippen LogP contribution is -2.59.